The Morgan fingerprint density at radius 1 is 0.609 bits per heavy atom. The monoisotopic (exact) mass is 633 g/mol. The predicted molar refractivity (Wildman–Crippen MR) is 172 cm³/mol. The minimum atomic E-state index is -0.624. The third-order valence-corrected chi connectivity index (χ3v) is 6.78. The van der Waals surface area contributed by atoms with Crippen LogP contribution in [-0.4, -0.2) is 56.6 Å². The van der Waals surface area contributed by atoms with Crippen LogP contribution < -0.4 is 14.2 Å². The fraction of sp³-hybridized carbons (Fsp3) is 0.400. The Morgan fingerprint density at radius 2 is 0.935 bits per heavy atom. The number of rotatable bonds is 8. The van der Waals surface area contributed by atoms with Gasteiger partial charge in [0.15, 0.2) is 12.4 Å². The van der Waals surface area contributed by atoms with E-state index in [1.165, 1.54) is 11.1 Å². The second-order valence-electron chi connectivity index (χ2n) is 10.9. The Morgan fingerprint density at radius 3 is 1.28 bits per heavy atom. The largest absolute Gasteiger partial charge is 0.491 e. The van der Waals surface area contributed by atoms with Gasteiger partial charge in [0, 0.05) is 13.0 Å². The van der Waals surface area contributed by atoms with E-state index in [-0.39, 0.29) is 18.1 Å². The van der Waals surface area contributed by atoms with Crippen molar-refractivity contribution in [2.24, 2.45) is 5.92 Å². The normalized spacial score (nSPS) is 19.4. The summed E-state index contributed by atoms with van der Waals surface area (Å²) in [5.74, 6) is 2.39. The van der Waals surface area contributed by atoms with Crippen molar-refractivity contribution in [2.75, 3.05) is 13.7 Å². The third kappa shape index (κ3) is 13.0. The highest BCUT2D eigenvalue weighted by molar-refractivity contribution is 5.35. The average Bonchev–Trinajstić information content (AvgIpc) is 2.94. The van der Waals surface area contributed by atoms with Crippen molar-refractivity contribution in [1.29, 1.82) is 16.2 Å². The van der Waals surface area contributed by atoms with Crippen molar-refractivity contribution in [3.63, 3.8) is 0 Å². The minimum absolute atomic E-state index is 0.0333. The van der Waals surface area contributed by atoms with Crippen molar-refractivity contribution in [1.82, 2.24) is 0 Å². The Balaban J connectivity index is 0.00000105. The van der Waals surface area contributed by atoms with Gasteiger partial charge in [0.05, 0.1) is 0 Å². The van der Waals surface area contributed by atoms with Crippen LogP contribution in [0.25, 0.3) is 0 Å². The summed E-state index contributed by atoms with van der Waals surface area (Å²) >= 11 is 0. The smallest absolute Gasteiger partial charge is 0.231 e. The molecule has 4 rings (SSSR count). The molecule has 0 aliphatic carbocycles. The van der Waals surface area contributed by atoms with Gasteiger partial charge in [-0.05, 0) is 111 Å². The van der Waals surface area contributed by atoms with Gasteiger partial charge in [-0.3, -0.25) is 0 Å². The lowest BCUT2D eigenvalue weighted by Crippen LogP contribution is -2.59. The van der Waals surface area contributed by atoms with Crippen molar-refractivity contribution >= 4 is 18.2 Å². The summed E-state index contributed by atoms with van der Waals surface area (Å²) in [5, 5.41) is 16.2. The van der Waals surface area contributed by atoms with Crippen molar-refractivity contribution in [3.8, 4) is 17.2 Å². The SMILES string of the molecule is CO[C@@H]1O[C@H](COc2cc(C)cc(C)c2)[C@@H](C)[C@@H](Oc2cc(C)cc(C)c2)[C@H]1Oc1cc(C)cc(C)c1.N=C=O.N=C=O.N=C=O. The first-order valence-electron chi connectivity index (χ1n) is 14.4. The maximum Gasteiger partial charge on any atom is 0.231 e. The van der Waals surface area contributed by atoms with Crippen LogP contribution in [0, 0.1) is 63.7 Å². The van der Waals surface area contributed by atoms with E-state index >= 15 is 0 Å². The van der Waals surface area contributed by atoms with E-state index in [1.807, 2.05) is 24.3 Å². The van der Waals surface area contributed by atoms with E-state index in [1.54, 1.807) is 7.11 Å². The molecule has 46 heavy (non-hydrogen) atoms. The molecule has 1 fully saturated rings. The molecular formula is C35H43N3O8. The first-order valence-corrected chi connectivity index (χ1v) is 14.4. The molecule has 0 bridgehead atoms. The van der Waals surface area contributed by atoms with Gasteiger partial charge >= 0.3 is 0 Å². The summed E-state index contributed by atoms with van der Waals surface area (Å²) in [6.07, 6.45) is 0.578. The zero-order valence-corrected chi connectivity index (χ0v) is 27.6. The summed E-state index contributed by atoms with van der Waals surface area (Å²) in [6.45, 7) is 14.9. The number of benzene rings is 3. The van der Waals surface area contributed by atoms with Crippen molar-refractivity contribution in [2.45, 2.75) is 73.1 Å². The summed E-state index contributed by atoms with van der Waals surface area (Å²) in [5.41, 5.74) is 6.92. The predicted octanol–water partition coefficient (Wildman–Crippen LogP) is 6.52. The second kappa shape index (κ2) is 20.2. The van der Waals surface area contributed by atoms with Crippen LogP contribution in [0.2, 0.25) is 0 Å². The number of isocyanates is 3. The zero-order valence-electron chi connectivity index (χ0n) is 27.6. The first-order chi connectivity index (χ1) is 21.8. The lowest BCUT2D eigenvalue weighted by Gasteiger charge is -2.44. The molecule has 3 N–H and O–H groups in total. The minimum Gasteiger partial charge on any atom is -0.491 e. The van der Waals surface area contributed by atoms with Crippen LogP contribution in [0.4, 0.5) is 0 Å². The second-order valence-corrected chi connectivity index (χ2v) is 10.9. The number of methoxy groups -OCH3 is 1. The molecule has 11 heteroatoms. The number of ether oxygens (including phenoxy) is 5. The van der Waals surface area contributed by atoms with Gasteiger partial charge < -0.3 is 23.7 Å². The number of hydrogen-bond acceptors (Lipinski definition) is 11. The third-order valence-electron chi connectivity index (χ3n) is 6.78. The van der Waals surface area contributed by atoms with Crippen LogP contribution in [0.3, 0.4) is 0 Å². The Kier molecular flexibility index (Phi) is 17.2. The molecule has 0 unspecified atom stereocenters. The standard InChI is InChI=1S/C32H40O5.3CHNO/c1-19-9-20(2)13-26(12-19)34-18-29-25(7)30(35-27-14-21(3)10-22(4)15-27)31(32(33-8)37-29)36-28-16-23(5)11-24(6)17-28;3*2-1-3/h9-17,25,29-32H,18H2,1-8H3;3*2H/t25-,29-,30-,31-,32-;;;/m1.../s1. The molecule has 0 aromatic heterocycles. The number of carbonyl (C=O) groups excluding carboxylic acids is 3. The average molecular weight is 634 g/mol. The molecule has 0 spiro atoms. The van der Waals surface area contributed by atoms with E-state index in [0.29, 0.717) is 6.61 Å². The highest BCUT2D eigenvalue weighted by Crippen LogP contribution is 2.34. The summed E-state index contributed by atoms with van der Waals surface area (Å²) in [4.78, 5) is 25.0. The molecule has 0 saturated carbocycles. The molecule has 246 valence electrons. The summed E-state index contributed by atoms with van der Waals surface area (Å²) < 4.78 is 31.7. The Hall–Kier alpha value is -4.88. The molecule has 5 atom stereocenters. The molecule has 11 nitrogen and oxygen atoms in total. The maximum atomic E-state index is 8.35. The van der Waals surface area contributed by atoms with Gasteiger partial charge in [-0.15, -0.1) is 0 Å². The molecule has 0 amide bonds. The van der Waals surface area contributed by atoms with Gasteiger partial charge in [-0.2, -0.15) is 0 Å². The highest BCUT2D eigenvalue weighted by atomic mass is 16.7. The molecule has 0 radical (unpaired) electrons. The quantitative estimate of drug-likeness (QED) is 0.186. The molecule has 1 aliphatic rings. The lowest BCUT2D eigenvalue weighted by atomic mass is 9.90. The van der Waals surface area contributed by atoms with E-state index < -0.39 is 12.4 Å². The van der Waals surface area contributed by atoms with E-state index in [2.05, 4.69) is 78.8 Å². The van der Waals surface area contributed by atoms with Gasteiger partial charge in [-0.1, -0.05) is 25.1 Å². The van der Waals surface area contributed by atoms with Crippen LogP contribution in [0.5, 0.6) is 17.2 Å². The molecule has 1 heterocycles. The fourth-order valence-electron chi connectivity index (χ4n) is 5.23. The fourth-order valence-corrected chi connectivity index (χ4v) is 5.23. The number of nitrogens with one attached hydrogen (secondary N) is 3. The maximum absolute atomic E-state index is 8.35. The Bertz CT molecular complexity index is 1420. The molecular weight excluding hydrogens is 590 g/mol. The Labute approximate surface area is 270 Å². The van der Waals surface area contributed by atoms with Crippen LogP contribution >= 0.6 is 0 Å². The van der Waals surface area contributed by atoms with E-state index in [9.17, 15) is 0 Å². The molecule has 3 aromatic carbocycles. The van der Waals surface area contributed by atoms with Gasteiger partial charge in [0.25, 0.3) is 0 Å². The molecule has 1 saturated heterocycles. The number of aryl methyl sites for hydroxylation is 6. The molecule has 1 aliphatic heterocycles. The topological polar surface area (TPSA) is 169 Å². The van der Waals surface area contributed by atoms with Gasteiger partial charge in [0.1, 0.15) is 36.1 Å². The van der Waals surface area contributed by atoms with Crippen LogP contribution in [0.15, 0.2) is 54.6 Å². The van der Waals surface area contributed by atoms with Crippen molar-refractivity contribution in [3.05, 3.63) is 88.0 Å². The van der Waals surface area contributed by atoms with Gasteiger partial charge in [-0.25, -0.2) is 30.6 Å². The molecule has 3 aromatic rings. The zero-order chi connectivity index (χ0) is 34.8. The van der Waals surface area contributed by atoms with E-state index in [4.69, 9.17) is 54.3 Å². The highest BCUT2D eigenvalue weighted by Gasteiger charge is 2.47. The number of hydrogen-bond donors (Lipinski definition) is 3. The summed E-state index contributed by atoms with van der Waals surface area (Å²) in [7, 11) is 1.65. The van der Waals surface area contributed by atoms with Crippen molar-refractivity contribution < 1.29 is 38.1 Å². The first kappa shape index (κ1) is 39.1. The van der Waals surface area contributed by atoms with Crippen LogP contribution in [0.1, 0.15) is 40.3 Å². The van der Waals surface area contributed by atoms with E-state index in [0.717, 1.165) is 57.7 Å². The lowest BCUT2D eigenvalue weighted by molar-refractivity contribution is -0.268. The summed E-state index contributed by atoms with van der Waals surface area (Å²) in [6, 6.07) is 18.7. The van der Waals surface area contributed by atoms with Gasteiger partial charge in [0.2, 0.25) is 18.2 Å². The van der Waals surface area contributed by atoms with Crippen LogP contribution in [-0.2, 0) is 23.9 Å².